The van der Waals surface area contributed by atoms with Crippen molar-refractivity contribution in [2.75, 3.05) is 20.2 Å². The number of thiophene rings is 1. The second-order valence-electron chi connectivity index (χ2n) is 3.35. The minimum Gasteiger partial charge on any atom is -0.469 e. The summed E-state index contributed by atoms with van der Waals surface area (Å²) < 4.78 is 4.50. The Hall–Kier alpha value is -0.830. The van der Waals surface area contributed by atoms with Crippen LogP contribution in [0.2, 0.25) is 0 Å². The van der Waals surface area contributed by atoms with Crippen molar-refractivity contribution in [1.82, 2.24) is 5.32 Å². The highest BCUT2D eigenvalue weighted by atomic mass is 127. The Morgan fingerprint density at radius 1 is 1.61 bits per heavy atom. The predicted molar refractivity (Wildman–Crippen MR) is 84.6 cm³/mol. The Bertz CT molecular complexity index is 368. The van der Waals surface area contributed by atoms with E-state index in [0.29, 0.717) is 19.0 Å². The molecular formula is C11H18IN3O2S. The first-order valence-corrected chi connectivity index (χ1v) is 6.23. The number of rotatable bonds is 6. The number of ether oxygens (including phenoxy) is 1. The van der Waals surface area contributed by atoms with Gasteiger partial charge in [-0.25, -0.2) is 0 Å². The number of nitrogens with two attached hydrogens (primary N) is 1. The lowest BCUT2D eigenvalue weighted by atomic mass is 10.3. The lowest BCUT2D eigenvalue weighted by Crippen LogP contribution is -2.33. The monoisotopic (exact) mass is 383 g/mol. The zero-order valence-corrected chi connectivity index (χ0v) is 13.4. The lowest BCUT2D eigenvalue weighted by molar-refractivity contribution is -0.140. The van der Waals surface area contributed by atoms with Gasteiger partial charge in [0.2, 0.25) is 0 Å². The zero-order valence-electron chi connectivity index (χ0n) is 10.2. The molecule has 0 aromatic carbocycles. The van der Waals surface area contributed by atoms with E-state index < -0.39 is 0 Å². The van der Waals surface area contributed by atoms with Crippen LogP contribution in [-0.2, 0) is 16.0 Å². The third-order valence-corrected chi connectivity index (χ3v) is 3.02. The molecule has 0 bridgehead atoms. The Morgan fingerprint density at radius 2 is 2.39 bits per heavy atom. The average Bonchev–Trinajstić information content (AvgIpc) is 2.82. The Balaban J connectivity index is 0.00000289. The van der Waals surface area contributed by atoms with Crippen molar-refractivity contribution in [3.8, 4) is 0 Å². The highest BCUT2D eigenvalue weighted by molar-refractivity contribution is 14.0. The third kappa shape index (κ3) is 7.49. The van der Waals surface area contributed by atoms with Crippen molar-refractivity contribution in [3.05, 3.63) is 22.4 Å². The highest BCUT2D eigenvalue weighted by Gasteiger charge is 1.99. The molecule has 0 spiro atoms. The molecule has 3 N–H and O–H groups in total. The zero-order chi connectivity index (χ0) is 12.5. The molecule has 0 amide bonds. The van der Waals surface area contributed by atoms with Crippen LogP contribution in [0.5, 0.6) is 0 Å². The largest absolute Gasteiger partial charge is 0.469 e. The van der Waals surface area contributed by atoms with Gasteiger partial charge in [-0.3, -0.25) is 9.79 Å². The fourth-order valence-electron chi connectivity index (χ4n) is 1.19. The lowest BCUT2D eigenvalue weighted by Gasteiger charge is -2.04. The fourth-order valence-corrected chi connectivity index (χ4v) is 1.89. The van der Waals surface area contributed by atoms with Gasteiger partial charge >= 0.3 is 5.97 Å². The van der Waals surface area contributed by atoms with E-state index in [1.807, 2.05) is 11.4 Å². The maximum absolute atomic E-state index is 10.8. The summed E-state index contributed by atoms with van der Waals surface area (Å²) in [6.45, 7) is 1.10. The Kier molecular flexibility index (Phi) is 9.66. The van der Waals surface area contributed by atoms with E-state index in [0.717, 1.165) is 6.42 Å². The van der Waals surface area contributed by atoms with E-state index >= 15 is 0 Å². The van der Waals surface area contributed by atoms with Crippen LogP contribution >= 0.6 is 35.3 Å². The SMILES string of the molecule is COC(=O)CCNC(N)=NCCc1cccs1.I. The number of hydrogen-bond donors (Lipinski definition) is 2. The van der Waals surface area contributed by atoms with Crippen LogP contribution in [0.25, 0.3) is 0 Å². The van der Waals surface area contributed by atoms with Crippen LogP contribution in [0.1, 0.15) is 11.3 Å². The normalized spacial score (nSPS) is 10.6. The number of hydrogen-bond acceptors (Lipinski definition) is 4. The number of halogens is 1. The van der Waals surface area contributed by atoms with E-state index in [1.165, 1.54) is 12.0 Å². The first kappa shape index (κ1) is 17.2. The Labute approximate surface area is 128 Å². The minimum atomic E-state index is -0.260. The number of carbonyl (C=O) groups excluding carboxylic acids is 1. The van der Waals surface area contributed by atoms with Gasteiger partial charge in [0.25, 0.3) is 0 Å². The van der Waals surface area contributed by atoms with Crippen LogP contribution in [0, 0.1) is 0 Å². The van der Waals surface area contributed by atoms with Gasteiger partial charge in [-0.2, -0.15) is 0 Å². The van der Waals surface area contributed by atoms with E-state index in [2.05, 4.69) is 21.1 Å². The molecule has 0 fully saturated rings. The number of guanidine groups is 1. The van der Waals surface area contributed by atoms with Gasteiger partial charge in [0.1, 0.15) is 0 Å². The molecule has 1 aromatic heterocycles. The molecule has 0 aliphatic rings. The smallest absolute Gasteiger partial charge is 0.307 e. The molecule has 0 aliphatic heterocycles. The topological polar surface area (TPSA) is 76.7 Å². The van der Waals surface area contributed by atoms with Gasteiger partial charge in [0, 0.05) is 24.4 Å². The van der Waals surface area contributed by atoms with Crippen LogP contribution in [0.3, 0.4) is 0 Å². The molecule has 1 aromatic rings. The molecule has 1 rings (SSSR count). The molecule has 102 valence electrons. The number of carbonyl (C=O) groups is 1. The molecule has 7 heteroatoms. The maximum atomic E-state index is 10.8. The summed E-state index contributed by atoms with van der Waals surface area (Å²) in [7, 11) is 1.36. The summed E-state index contributed by atoms with van der Waals surface area (Å²) >= 11 is 1.71. The average molecular weight is 383 g/mol. The highest BCUT2D eigenvalue weighted by Crippen LogP contribution is 2.08. The Morgan fingerprint density at radius 3 is 3.00 bits per heavy atom. The van der Waals surface area contributed by atoms with Crippen LogP contribution in [0.4, 0.5) is 0 Å². The summed E-state index contributed by atoms with van der Waals surface area (Å²) in [6.07, 6.45) is 1.18. The summed E-state index contributed by atoms with van der Waals surface area (Å²) in [4.78, 5) is 16.3. The van der Waals surface area contributed by atoms with E-state index in [9.17, 15) is 4.79 Å². The van der Waals surface area contributed by atoms with E-state index in [-0.39, 0.29) is 36.4 Å². The van der Waals surface area contributed by atoms with Crippen molar-refractivity contribution in [1.29, 1.82) is 0 Å². The van der Waals surface area contributed by atoms with Gasteiger partial charge in [0.15, 0.2) is 5.96 Å². The number of esters is 1. The molecule has 0 saturated heterocycles. The number of nitrogens with zero attached hydrogens (tertiary/aromatic N) is 1. The second-order valence-corrected chi connectivity index (χ2v) is 4.38. The van der Waals surface area contributed by atoms with Gasteiger partial charge in [-0.15, -0.1) is 35.3 Å². The fraction of sp³-hybridized carbons (Fsp3) is 0.455. The molecule has 0 saturated carbocycles. The first-order chi connectivity index (χ1) is 8.22. The van der Waals surface area contributed by atoms with Crippen LogP contribution in [-0.4, -0.2) is 32.1 Å². The number of aliphatic imine (C=N–C) groups is 1. The van der Waals surface area contributed by atoms with Gasteiger partial charge < -0.3 is 15.8 Å². The van der Waals surface area contributed by atoms with Crippen LogP contribution in [0.15, 0.2) is 22.5 Å². The molecule has 1 heterocycles. The van der Waals surface area contributed by atoms with Crippen molar-refractivity contribution < 1.29 is 9.53 Å². The van der Waals surface area contributed by atoms with Crippen LogP contribution < -0.4 is 11.1 Å². The third-order valence-electron chi connectivity index (χ3n) is 2.08. The van der Waals surface area contributed by atoms with Gasteiger partial charge in [-0.1, -0.05) is 6.07 Å². The minimum absolute atomic E-state index is 0. The van der Waals surface area contributed by atoms with Crippen molar-refractivity contribution in [2.45, 2.75) is 12.8 Å². The van der Waals surface area contributed by atoms with Crippen molar-refractivity contribution >= 4 is 47.2 Å². The summed E-state index contributed by atoms with van der Waals surface area (Å²) in [5.41, 5.74) is 5.63. The predicted octanol–water partition coefficient (Wildman–Crippen LogP) is 1.38. The molecule has 18 heavy (non-hydrogen) atoms. The molecule has 0 atom stereocenters. The van der Waals surface area contributed by atoms with Crippen molar-refractivity contribution in [2.24, 2.45) is 10.7 Å². The summed E-state index contributed by atoms with van der Waals surface area (Å²) in [6, 6.07) is 4.09. The molecule has 0 aliphatic carbocycles. The van der Waals surface area contributed by atoms with Gasteiger partial charge in [0.05, 0.1) is 13.5 Å². The van der Waals surface area contributed by atoms with Gasteiger partial charge in [-0.05, 0) is 11.4 Å². The standard InChI is InChI=1S/C11H17N3O2S.HI/c1-16-10(15)5-7-14-11(12)13-6-4-9-3-2-8-17-9;/h2-3,8H,4-7H2,1H3,(H3,12,13,14);1H. The first-order valence-electron chi connectivity index (χ1n) is 5.35. The quantitative estimate of drug-likeness (QED) is 0.337. The second kappa shape index (κ2) is 10.1. The van der Waals surface area contributed by atoms with E-state index in [1.54, 1.807) is 11.3 Å². The van der Waals surface area contributed by atoms with E-state index in [4.69, 9.17) is 5.73 Å². The molecule has 0 radical (unpaired) electrons. The number of nitrogens with one attached hydrogen (secondary N) is 1. The summed E-state index contributed by atoms with van der Waals surface area (Å²) in [5, 5.41) is 4.90. The van der Waals surface area contributed by atoms with Crippen molar-refractivity contribution in [3.63, 3.8) is 0 Å². The number of methoxy groups -OCH3 is 1. The maximum Gasteiger partial charge on any atom is 0.307 e. The summed E-state index contributed by atoms with van der Waals surface area (Å²) in [5.74, 6) is 0.106. The molecular weight excluding hydrogens is 365 g/mol. The molecule has 5 nitrogen and oxygen atoms in total. The molecule has 0 unspecified atom stereocenters.